The number of rotatable bonds is 4. The highest BCUT2D eigenvalue weighted by Gasteiger charge is 2.39. The van der Waals surface area contributed by atoms with Crippen LogP contribution in [0, 0.1) is 25.2 Å². The van der Waals surface area contributed by atoms with Crippen molar-refractivity contribution in [2.45, 2.75) is 65.4 Å². The van der Waals surface area contributed by atoms with Gasteiger partial charge in [-0.15, -0.1) is 0 Å². The van der Waals surface area contributed by atoms with Crippen molar-refractivity contribution in [1.82, 2.24) is 0 Å². The van der Waals surface area contributed by atoms with Crippen LogP contribution in [-0.2, 0) is 0 Å². The Morgan fingerprint density at radius 1 is 1.24 bits per heavy atom. The zero-order valence-corrected chi connectivity index (χ0v) is 14.0. The summed E-state index contributed by atoms with van der Waals surface area (Å²) in [5.41, 5.74) is 10.0. The van der Waals surface area contributed by atoms with Crippen LogP contribution in [0.3, 0.4) is 0 Å². The predicted octanol–water partition coefficient (Wildman–Crippen LogP) is 3.92. The second-order valence-electron chi connectivity index (χ2n) is 7.52. The third kappa shape index (κ3) is 3.49. The first-order chi connectivity index (χ1) is 9.86. The molecule has 3 atom stereocenters. The minimum absolute atomic E-state index is 0.0478. The van der Waals surface area contributed by atoms with Crippen molar-refractivity contribution in [3.8, 4) is 0 Å². The minimum atomic E-state index is -0.340. The molecule has 0 radical (unpaired) electrons. The monoisotopic (exact) mass is 289 g/mol. The summed E-state index contributed by atoms with van der Waals surface area (Å²) in [7, 11) is 0. The van der Waals surface area contributed by atoms with Crippen LogP contribution in [0.1, 0.15) is 62.1 Å². The molecule has 2 rings (SSSR count). The molecule has 1 fully saturated rings. The summed E-state index contributed by atoms with van der Waals surface area (Å²) in [6.45, 7) is 9.36. The van der Waals surface area contributed by atoms with Gasteiger partial charge in [-0.25, -0.2) is 0 Å². The number of hydrogen-bond acceptors (Lipinski definition) is 2. The Balaban J connectivity index is 2.25. The molecule has 1 aliphatic carbocycles. The van der Waals surface area contributed by atoms with Crippen LogP contribution in [-0.4, -0.2) is 17.8 Å². The first-order valence-corrected chi connectivity index (χ1v) is 8.32. The molecule has 1 saturated carbocycles. The third-order valence-electron chi connectivity index (χ3n) is 5.63. The molecule has 118 valence electrons. The third-order valence-corrected chi connectivity index (χ3v) is 5.63. The fourth-order valence-electron chi connectivity index (χ4n) is 3.90. The lowest BCUT2D eigenvalue weighted by atomic mass is 9.64. The predicted molar refractivity (Wildman–Crippen MR) is 89.5 cm³/mol. The Hall–Kier alpha value is -0.860. The highest BCUT2D eigenvalue weighted by Crippen LogP contribution is 2.45. The van der Waals surface area contributed by atoms with Crippen LogP contribution in [0.15, 0.2) is 18.2 Å². The summed E-state index contributed by atoms with van der Waals surface area (Å²) in [5.74, 6) is 0.396. The van der Waals surface area contributed by atoms with Crippen molar-refractivity contribution >= 4 is 0 Å². The fraction of sp³-hybridized carbons (Fsp3) is 0.684. The van der Waals surface area contributed by atoms with Gasteiger partial charge in [-0.2, -0.15) is 0 Å². The molecular weight excluding hydrogens is 258 g/mol. The Morgan fingerprint density at radius 3 is 2.52 bits per heavy atom. The first-order valence-electron chi connectivity index (χ1n) is 8.32. The van der Waals surface area contributed by atoms with E-state index >= 15 is 0 Å². The van der Waals surface area contributed by atoms with Crippen molar-refractivity contribution < 1.29 is 5.11 Å². The lowest BCUT2D eigenvalue weighted by Gasteiger charge is -2.43. The van der Waals surface area contributed by atoms with Crippen LogP contribution < -0.4 is 5.73 Å². The second kappa shape index (κ2) is 6.50. The second-order valence-corrected chi connectivity index (χ2v) is 7.52. The molecule has 0 bridgehead atoms. The van der Waals surface area contributed by atoms with Gasteiger partial charge >= 0.3 is 0 Å². The highest BCUT2D eigenvalue weighted by atomic mass is 16.3. The fourth-order valence-corrected chi connectivity index (χ4v) is 3.90. The summed E-state index contributed by atoms with van der Waals surface area (Å²) in [6.07, 6.45) is 4.50. The quantitative estimate of drug-likeness (QED) is 0.882. The topological polar surface area (TPSA) is 46.2 Å². The summed E-state index contributed by atoms with van der Waals surface area (Å²) in [4.78, 5) is 0. The van der Waals surface area contributed by atoms with Gasteiger partial charge in [0.05, 0.1) is 6.10 Å². The number of aryl methyl sites for hydroxylation is 2. The van der Waals surface area contributed by atoms with Gasteiger partial charge in [0.1, 0.15) is 0 Å². The average Bonchev–Trinajstić information content (AvgIpc) is 2.43. The summed E-state index contributed by atoms with van der Waals surface area (Å²) >= 11 is 0. The molecule has 2 heteroatoms. The molecule has 21 heavy (non-hydrogen) atoms. The Kier molecular flexibility index (Phi) is 5.11. The number of aliphatic hydroxyl groups excluding tert-OH is 1. The molecule has 3 N–H and O–H groups in total. The van der Waals surface area contributed by atoms with Crippen molar-refractivity contribution in [2.75, 3.05) is 6.54 Å². The van der Waals surface area contributed by atoms with Gasteiger partial charge in [-0.05, 0) is 54.7 Å². The van der Waals surface area contributed by atoms with Gasteiger partial charge in [0, 0.05) is 12.5 Å². The SMILES string of the molecule is Cc1ccc(C(CN)C(O)C2CCCCC2(C)C)cc1C. The van der Waals surface area contributed by atoms with Crippen molar-refractivity contribution in [2.24, 2.45) is 17.1 Å². The first kappa shape index (κ1) is 16.5. The van der Waals surface area contributed by atoms with E-state index in [1.807, 2.05) is 0 Å². The molecule has 0 aliphatic heterocycles. The molecular formula is C19H31NO. The smallest absolute Gasteiger partial charge is 0.0654 e. The number of hydrogen-bond donors (Lipinski definition) is 2. The van der Waals surface area contributed by atoms with E-state index < -0.39 is 0 Å². The largest absolute Gasteiger partial charge is 0.392 e. The van der Waals surface area contributed by atoms with Gasteiger partial charge in [0.2, 0.25) is 0 Å². The maximum absolute atomic E-state index is 11.0. The van der Waals surface area contributed by atoms with E-state index in [-0.39, 0.29) is 17.4 Å². The van der Waals surface area contributed by atoms with E-state index in [0.717, 1.165) is 6.42 Å². The van der Waals surface area contributed by atoms with Gasteiger partial charge in [-0.1, -0.05) is 44.9 Å². The standard InChI is InChI=1S/C19H31NO/c1-13-8-9-15(11-14(13)2)16(12-20)18(21)17-7-5-6-10-19(17,3)4/h8-9,11,16-18,21H,5-7,10,12,20H2,1-4H3. The van der Waals surface area contributed by atoms with E-state index in [1.165, 1.54) is 36.0 Å². The van der Waals surface area contributed by atoms with Crippen LogP contribution in [0.5, 0.6) is 0 Å². The lowest BCUT2D eigenvalue weighted by molar-refractivity contribution is -0.00895. The van der Waals surface area contributed by atoms with Gasteiger partial charge < -0.3 is 10.8 Å². The highest BCUT2D eigenvalue weighted by molar-refractivity contribution is 5.33. The van der Waals surface area contributed by atoms with E-state index in [0.29, 0.717) is 12.5 Å². The molecule has 1 aromatic carbocycles. The van der Waals surface area contributed by atoms with E-state index in [1.54, 1.807) is 0 Å². The summed E-state index contributed by atoms with van der Waals surface area (Å²) < 4.78 is 0. The number of benzene rings is 1. The molecule has 0 spiro atoms. The minimum Gasteiger partial charge on any atom is -0.392 e. The van der Waals surface area contributed by atoms with Gasteiger partial charge in [0.15, 0.2) is 0 Å². The van der Waals surface area contributed by atoms with Crippen molar-refractivity contribution in [3.05, 3.63) is 34.9 Å². The Labute approximate surface area is 129 Å². The molecule has 0 heterocycles. The summed E-state index contributed by atoms with van der Waals surface area (Å²) in [6, 6.07) is 6.48. The molecule has 2 nitrogen and oxygen atoms in total. The molecule has 0 aromatic heterocycles. The number of aliphatic hydroxyl groups is 1. The average molecular weight is 289 g/mol. The summed E-state index contributed by atoms with van der Waals surface area (Å²) in [5, 5.41) is 11.0. The molecule has 3 unspecified atom stereocenters. The maximum atomic E-state index is 11.0. The maximum Gasteiger partial charge on any atom is 0.0654 e. The normalized spacial score (nSPS) is 24.6. The zero-order chi connectivity index (χ0) is 15.6. The van der Waals surface area contributed by atoms with E-state index in [9.17, 15) is 5.11 Å². The van der Waals surface area contributed by atoms with Crippen molar-refractivity contribution in [3.63, 3.8) is 0 Å². The Morgan fingerprint density at radius 2 is 1.95 bits per heavy atom. The van der Waals surface area contributed by atoms with E-state index in [4.69, 9.17) is 5.73 Å². The lowest BCUT2D eigenvalue weighted by Crippen LogP contribution is -2.41. The van der Waals surface area contributed by atoms with Gasteiger partial charge in [0.25, 0.3) is 0 Å². The number of nitrogens with two attached hydrogens (primary N) is 1. The molecule has 1 aromatic rings. The van der Waals surface area contributed by atoms with Crippen LogP contribution in [0.2, 0.25) is 0 Å². The van der Waals surface area contributed by atoms with Crippen molar-refractivity contribution in [1.29, 1.82) is 0 Å². The van der Waals surface area contributed by atoms with Gasteiger partial charge in [-0.3, -0.25) is 0 Å². The Bertz CT molecular complexity index is 480. The van der Waals surface area contributed by atoms with E-state index in [2.05, 4.69) is 45.9 Å². The molecule has 0 saturated heterocycles. The molecule has 1 aliphatic rings. The van der Waals surface area contributed by atoms with Crippen LogP contribution in [0.25, 0.3) is 0 Å². The van der Waals surface area contributed by atoms with Crippen LogP contribution in [0.4, 0.5) is 0 Å². The molecule has 0 amide bonds. The van der Waals surface area contributed by atoms with Crippen LogP contribution >= 0.6 is 0 Å². The zero-order valence-electron chi connectivity index (χ0n) is 14.0.